The predicted octanol–water partition coefficient (Wildman–Crippen LogP) is 4.81. The van der Waals surface area contributed by atoms with E-state index in [0.29, 0.717) is 18.1 Å². The molecule has 0 radical (unpaired) electrons. The van der Waals surface area contributed by atoms with Crippen LogP contribution in [0.3, 0.4) is 0 Å². The van der Waals surface area contributed by atoms with E-state index in [1.807, 2.05) is 29.2 Å². The highest BCUT2D eigenvalue weighted by Crippen LogP contribution is 2.43. The number of amides is 1. The Bertz CT molecular complexity index is 970. The van der Waals surface area contributed by atoms with Gasteiger partial charge in [-0.3, -0.25) is 9.69 Å². The minimum Gasteiger partial charge on any atom is -0.344 e. The molecular formula is C20H15BrFN3OS. The molecule has 1 amide bonds. The van der Waals surface area contributed by atoms with Crippen molar-refractivity contribution < 1.29 is 9.18 Å². The number of thioether (sulfide) groups is 1. The normalized spacial score (nSPS) is 19.7. The van der Waals surface area contributed by atoms with Gasteiger partial charge in [0.2, 0.25) is 5.91 Å². The summed E-state index contributed by atoms with van der Waals surface area (Å²) in [6.07, 6.45) is 0.265. The minimum atomic E-state index is -0.290. The molecule has 2 aliphatic heterocycles. The maximum atomic E-state index is 13.2. The number of fused-ring (bicyclic) bond motifs is 1. The molecule has 0 aliphatic carbocycles. The fourth-order valence-corrected chi connectivity index (χ4v) is 4.97. The van der Waals surface area contributed by atoms with E-state index in [1.165, 1.54) is 23.9 Å². The van der Waals surface area contributed by atoms with Crippen LogP contribution in [0.2, 0.25) is 0 Å². The molecule has 136 valence electrons. The summed E-state index contributed by atoms with van der Waals surface area (Å²) in [5.41, 5.74) is 2.45. The Morgan fingerprint density at radius 1 is 1.22 bits per heavy atom. The summed E-state index contributed by atoms with van der Waals surface area (Å²) in [6.45, 7) is 0.364. The van der Waals surface area contributed by atoms with E-state index in [1.54, 1.807) is 17.0 Å². The number of nitriles is 1. The van der Waals surface area contributed by atoms with Crippen molar-refractivity contribution in [3.05, 3.63) is 75.0 Å². The number of allylic oxidation sites excluding steroid dienone is 1. The quantitative estimate of drug-likeness (QED) is 0.667. The summed E-state index contributed by atoms with van der Waals surface area (Å²) in [5.74, 6) is 0.0762. The lowest BCUT2D eigenvalue weighted by atomic mass is 9.86. The lowest BCUT2D eigenvalue weighted by Gasteiger charge is -2.42. The molecule has 2 heterocycles. The molecule has 2 aromatic rings. The molecule has 0 aromatic heterocycles. The summed E-state index contributed by atoms with van der Waals surface area (Å²) in [5, 5.41) is 10.5. The number of hydrogen-bond donors (Lipinski definition) is 0. The van der Waals surface area contributed by atoms with E-state index >= 15 is 0 Å². The van der Waals surface area contributed by atoms with Crippen LogP contribution in [0.1, 0.15) is 17.9 Å². The van der Waals surface area contributed by atoms with Crippen LogP contribution in [-0.2, 0) is 4.79 Å². The van der Waals surface area contributed by atoms with Crippen LogP contribution in [-0.4, -0.2) is 23.4 Å². The van der Waals surface area contributed by atoms with Crippen molar-refractivity contribution >= 4 is 39.3 Å². The van der Waals surface area contributed by atoms with Crippen LogP contribution in [0.4, 0.5) is 10.1 Å². The second-order valence-corrected chi connectivity index (χ2v) is 8.24. The highest BCUT2D eigenvalue weighted by molar-refractivity contribution is 9.10. The van der Waals surface area contributed by atoms with E-state index in [9.17, 15) is 14.4 Å². The average Bonchev–Trinajstić information content (AvgIpc) is 2.68. The molecule has 0 saturated carbocycles. The van der Waals surface area contributed by atoms with Crippen molar-refractivity contribution in [3.63, 3.8) is 0 Å². The standard InChI is InChI=1S/C20H15BrFN3OS/c21-14-3-1-2-13(8-14)17-9-19(26)25-11-24(12-27-20(25)18(17)10-23)16-6-4-15(22)5-7-16/h1-8,17H,9,11-12H2/t17-/m1/s1. The molecule has 2 aromatic carbocycles. The molecule has 4 rings (SSSR count). The van der Waals surface area contributed by atoms with E-state index < -0.39 is 0 Å². The number of halogens is 2. The summed E-state index contributed by atoms with van der Waals surface area (Å²) in [6, 6.07) is 16.3. The van der Waals surface area contributed by atoms with Crippen LogP contribution in [0.25, 0.3) is 0 Å². The number of rotatable bonds is 2. The van der Waals surface area contributed by atoms with Crippen LogP contribution < -0.4 is 4.90 Å². The van der Waals surface area contributed by atoms with Crippen molar-refractivity contribution in [2.24, 2.45) is 0 Å². The fourth-order valence-electron chi connectivity index (χ4n) is 3.39. The fraction of sp³-hybridized carbons (Fsp3) is 0.200. The summed E-state index contributed by atoms with van der Waals surface area (Å²) in [7, 11) is 0. The van der Waals surface area contributed by atoms with Gasteiger partial charge >= 0.3 is 0 Å². The Morgan fingerprint density at radius 3 is 2.70 bits per heavy atom. The maximum absolute atomic E-state index is 13.2. The van der Waals surface area contributed by atoms with Crippen LogP contribution in [0.5, 0.6) is 0 Å². The molecule has 0 bridgehead atoms. The van der Waals surface area contributed by atoms with Gasteiger partial charge < -0.3 is 4.90 Å². The third-order valence-electron chi connectivity index (χ3n) is 4.74. The molecule has 1 fully saturated rings. The van der Waals surface area contributed by atoms with Crippen molar-refractivity contribution in [2.75, 3.05) is 17.4 Å². The Labute approximate surface area is 169 Å². The molecule has 0 N–H and O–H groups in total. The number of hydrogen-bond acceptors (Lipinski definition) is 4. The molecule has 1 atom stereocenters. The van der Waals surface area contributed by atoms with Crippen molar-refractivity contribution in [1.29, 1.82) is 5.26 Å². The first-order chi connectivity index (χ1) is 13.1. The van der Waals surface area contributed by atoms with Crippen LogP contribution in [0, 0.1) is 17.1 Å². The first-order valence-corrected chi connectivity index (χ1v) is 10.2. The summed E-state index contributed by atoms with van der Waals surface area (Å²) in [4.78, 5) is 16.5. The minimum absolute atomic E-state index is 0.00622. The third-order valence-corrected chi connectivity index (χ3v) is 6.38. The number of nitrogens with zero attached hydrogens (tertiary/aromatic N) is 3. The SMILES string of the molecule is N#CC1=C2SCN(c3ccc(F)cc3)CN2C(=O)C[C@@H]1c1cccc(Br)c1. The first-order valence-electron chi connectivity index (χ1n) is 8.40. The van der Waals surface area contributed by atoms with Crippen molar-refractivity contribution in [2.45, 2.75) is 12.3 Å². The van der Waals surface area contributed by atoms with Gasteiger partial charge in [-0.1, -0.05) is 39.8 Å². The highest BCUT2D eigenvalue weighted by Gasteiger charge is 2.38. The molecule has 7 heteroatoms. The lowest BCUT2D eigenvalue weighted by Crippen LogP contribution is -2.47. The van der Waals surface area contributed by atoms with Gasteiger partial charge in [0.15, 0.2) is 0 Å². The summed E-state index contributed by atoms with van der Waals surface area (Å²) >= 11 is 4.94. The van der Waals surface area contributed by atoms with Gasteiger partial charge in [-0.05, 0) is 42.0 Å². The highest BCUT2D eigenvalue weighted by atomic mass is 79.9. The topological polar surface area (TPSA) is 47.3 Å². The zero-order valence-electron chi connectivity index (χ0n) is 14.2. The number of carbonyl (C=O) groups is 1. The van der Waals surface area contributed by atoms with Gasteiger partial charge in [0.1, 0.15) is 5.82 Å². The molecule has 0 unspecified atom stereocenters. The van der Waals surface area contributed by atoms with Gasteiger partial charge in [-0.15, -0.1) is 0 Å². The van der Waals surface area contributed by atoms with Crippen molar-refractivity contribution in [3.8, 4) is 6.07 Å². The van der Waals surface area contributed by atoms with Gasteiger partial charge in [-0.2, -0.15) is 5.26 Å². The monoisotopic (exact) mass is 443 g/mol. The number of carbonyl (C=O) groups excluding carboxylic acids is 1. The smallest absolute Gasteiger partial charge is 0.229 e. The Kier molecular flexibility index (Phi) is 4.94. The molecule has 1 saturated heterocycles. The Hall–Kier alpha value is -2.30. The van der Waals surface area contributed by atoms with Gasteiger partial charge in [0.05, 0.1) is 29.2 Å². The Morgan fingerprint density at radius 2 is 2.00 bits per heavy atom. The molecule has 0 spiro atoms. The van der Waals surface area contributed by atoms with E-state index in [0.717, 1.165) is 20.8 Å². The number of benzene rings is 2. The predicted molar refractivity (Wildman–Crippen MR) is 107 cm³/mol. The molecular weight excluding hydrogens is 429 g/mol. The van der Waals surface area contributed by atoms with E-state index in [4.69, 9.17) is 0 Å². The van der Waals surface area contributed by atoms with E-state index in [2.05, 4.69) is 22.0 Å². The molecule has 27 heavy (non-hydrogen) atoms. The zero-order valence-corrected chi connectivity index (χ0v) is 16.6. The maximum Gasteiger partial charge on any atom is 0.229 e. The van der Waals surface area contributed by atoms with E-state index in [-0.39, 0.29) is 24.1 Å². The van der Waals surface area contributed by atoms with Gasteiger partial charge in [-0.25, -0.2) is 4.39 Å². The largest absolute Gasteiger partial charge is 0.344 e. The van der Waals surface area contributed by atoms with Crippen LogP contribution >= 0.6 is 27.7 Å². The van der Waals surface area contributed by atoms with Gasteiger partial charge in [0.25, 0.3) is 0 Å². The number of anilines is 1. The average molecular weight is 444 g/mol. The molecule has 2 aliphatic rings. The second kappa shape index (κ2) is 7.37. The summed E-state index contributed by atoms with van der Waals surface area (Å²) < 4.78 is 14.1. The molecule has 4 nitrogen and oxygen atoms in total. The zero-order chi connectivity index (χ0) is 19.0. The lowest BCUT2D eigenvalue weighted by molar-refractivity contribution is -0.129. The van der Waals surface area contributed by atoms with Crippen molar-refractivity contribution in [1.82, 2.24) is 4.90 Å². The third kappa shape index (κ3) is 3.47. The van der Waals surface area contributed by atoms with Crippen LogP contribution in [0.15, 0.2) is 63.6 Å². The first kappa shape index (κ1) is 18.1. The Balaban J connectivity index is 1.66. The second-order valence-electron chi connectivity index (χ2n) is 6.40. The van der Waals surface area contributed by atoms with Gasteiger partial charge in [0, 0.05) is 22.5 Å².